The van der Waals surface area contributed by atoms with Crippen molar-refractivity contribution < 1.29 is 27.9 Å². The number of methoxy groups -OCH3 is 2. The third kappa shape index (κ3) is 4.63. The number of halogens is 1. The molecular weight excluding hydrogens is 419 g/mol. The lowest BCUT2D eigenvalue weighted by Crippen LogP contribution is -2.31. The van der Waals surface area contributed by atoms with Gasteiger partial charge in [-0.2, -0.15) is 9.97 Å². The molecule has 1 amide bonds. The van der Waals surface area contributed by atoms with E-state index < -0.39 is 0 Å². The molecule has 1 atom stereocenters. The van der Waals surface area contributed by atoms with Gasteiger partial charge in [-0.15, -0.1) is 0 Å². The van der Waals surface area contributed by atoms with Crippen molar-refractivity contribution in [3.8, 4) is 17.5 Å². The largest absolute Gasteiger partial charge is 0.493 e. The summed E-state index contributed by atoms with van der Waals surface area (Å²) in [7, 11) is 2.95. The van der Waals surface area contributed by atoms with E-state index in [1.807, 2.05) is 0 Å². The molecule has 0 saturated carbocycles. The second-order valence-electron chi connectivity index (χ2n) is 7.17. The smallest absolute Gasteiger partial charge is 0.260 e. The fourth-order valence-electron chi connectivity index (χ4n) is 3.57. The summed E-state index contributed by atoms with van der Waals surface area (Å²) < 4.78 is 34.4. The Kier molecular flexibility index (Phi) is 6.48. The fourth-order valence-corrected chi connectivity index (χ4v) is 3.57. The predicted molar refractivity (Wildman–Crippen MR) is 110 cm³/mol. The van der Waals surface area contributed by atoms with E-state index in [1.54, 1.807) is 29.2 Å². The molecule has 0 N–H and O–H groups in total. The van der Waals surface area contributed by atoms with Crippen molar-refractivity contribution in [2.24, 2.45) is 0 Å². The van der Waals surface area contributed by atoms with Gasteiger partial charge in [-0.25, -0.2) is 4.39 Å². The minimum atomic E-state index is -0.325. The summed E-state index contributed by atoms with van der Waals surface area (Å²) in [6.45, 7) is 0.872. The first-order valence-electron chi connectivity index (χ1n) is 10.2. The molecule has 0 spiro atoms. The Morgan fingerprint density at radius 1 is 1.16 bits per heavy atom. The van der Waals surface area contributed by atoms with Gasteiger partial charge < -0.3 is 23.6 Å². The molecule has 9 nitrogen and oxygen atoms in total. The third-order valence-corrected chi connectivity index (χ3v) is 5.16. The fraction of sp³-hybridized carbons (Fsp3) is 0.364. The molecular formula is C22H23FN4O5. The zero-order valence-corrected chi connectivity index (χ0v) is 17.8. The highest BCUT2D eigenvalue weighted by molar-refractivity contribution is 5.96. The van der Waals surface area contributed by atoms with Crippen molar-refractivity contribution in [2.45, 2.75) is 25.3 Å². The van der Waals surface area contributed by atoms with Crippen molar-refractivity contribution in [3.63, 3.8) is 0 Å². The Bertz CT molecular complexity index is 1070. The standard InChI is InChI=1S/C22H23FN4O5/c1-29-19-10-9-16(20(25-19)30-2)22(28)27-12-3-4-17(27)21-24-18(26-32-21)11-13-31-15-7-5-14(23)6-8-15/h5-10,17H,3-4,11-13H2,1-2H3. The van der Waals surface area contributed by atoms with E-state index in [-0.39, 0.29) is 23.6 Å². The average molecular weight is 442 g/mol. The number of likely N-dealkylation sites (tertiary alicyclic amines) is 1. The quantitative estimate of drug-likeness (QED) is 0.524. The first kappa shape index (κ1) is 21.5. The van der Waals surface area contributed by atoms with Crippen LogP contribution in [0.5, 0.6) is 17.5 Å². The molecule has 1 unspecified atom stereocenters. The van der Waals surface area contributed by atoms with Gasteiger partial charge in [-0.05, 0) is 43.2 Å². The van der Waals surface area contributed by atoms with E-state index in [4.69, 9.17) is 18.7 Å². The van der Waals surface area contributed by atoms with Gasteiger partial charge in [0.15, 0.2) is 5.82 Å². The maximum absolute atomic E-state index is 13.2. The Morgan fingerprint density at radius 3 is 2.72 bits per heavy atom. The van der Waals surface area contributed by atoms with Crippen LogP contribution in [0.1, 0.15) is 41.0 Å². The molecule has 4 rings (SSSR count). The molecule has 0 bridgehead atoms. The monoisotopic (exact) mass is 442 g/mol. The van der Waals surface area contributed by atoms with Crippen LogP contribution in [0.2, 0.25) is 0 Å². The maximum Gasteiger partial charge on any atom is 0.260 e. The number of hydrogen-bond donors (Lipinski definition) is 0. The van der Waals surface area contributed by atoms with Crippen LogP contribution < -0.4 is 14.2 Å². The van der Waals surface area contributed by atoms with Crippen LogP contribution in [0.4, 0.5) is 4.39 Å². The Morgan fingerprint density at radius 2 is 1.97 bits per heavy atom. The second-order valence-corrected chi connectivity index (χ2v) is 7.17. The Labute approximate surface area is 184 Å². The van der Waals surface area contributed by atoms with Gasteiger partial charge >= 0.3 is 0 Å². The highest BCUT2D eigenvalue weighted by Crippen LogP contribution is 2.34. The minimum Gasteiger partial charge on any atom is -0.493 e. The number of amides is 1. The van der Waals surface area contributed by atoms with Crippen LogP contribution in [0, 0.1) is 5.82 Å². The van der Waals surface area contributed by atoms with Gasteiger partial charge in [-0.3, -0.25) is 4.79 Å². The van der Waals surface area contributed by atoms with Gasteiger partial charge in [-0.1, -0.05) is 5.16 Å². The van der Waals surface area contributed by atoms with Crippen molar-refractivity contribution in [1.82, 2.24) is 20.0 Å². The van der Waals surface area contributed by atoms with Crippen LogP contribution >= 0.6 is 0 Å². The van der Waals surface area contributed by atoms with Crippen LogP contribution in [-0.4, -0.2) is 53.3 Å². The van der Waals surface area contributed by atoms with E-state index in [0.29, 0.717) is 54.9 Å². The molecule has 1 aromatic carbocycles. The number of carbonyl (C=O) groups excluding carboxylic acids is 1. The maximum atomic E-state index is 13.2. The minimum absolute atomic E-state index is 0.198. The van der Waals surface area contributed by atoms with Crippen molar-refractivity contribution in [3.05, 3.63) is 59.5 Å². The molecule has 3 heterocycles. The van der Waals surface area contributed by atoms with E-state index in [2.05, 4.69) is 15.1 Å². The summed E-state index contributed by atoms with van der Waals surface area (Å²) in [5.74, 6) is 1.44. The number of carbonyl (C=O) groups is 1. The first-order chi connectivity index (χ1) is 15.6. The molecule has 0 radical (unpaired) electrons. The van der Waals surface area contributed by atoms with Crippen molar-refractivity contribution in [1.29, 1.82) is 0 Å². The van der Waals surface area contributed by atoms with Gasteiger partial charge in [0.2, 0.25) is 17.7 Å². The highest BCUT2D eigenvalue weighted by Gasteiger charge is 2.35. The molecule has 10 heteroatoms. The van der Waals surface area contributed by atoms with Gasteiger partial charge in [0, 0.05) is 19.0 Å². The van der Waals surface area contributed by atoms with E-state index in [0.717, 1.165) is 6.42 Å². The summed E-state index contributed by atoms with van der Waals surface area (Å²) in [6.07, 6.45) is 1.94. The van der Waals surface area contributed by atoms with Crippen LogP contribution in [0.15, 0.2) is 40.9 Å². The summed E-state index contributed by atoms with van der Waals surface area (Å²) in [5, 5.41) is 4.01. The number of ether oxygens (including phenoxy) is 3. The Balaban J connectivity index is 1.42. The molecule has 1 aliphatic rings. The van der Waals surface area contributed by atoms with Gasteiger partial charge in [0.1, 0.15) is 23.2 Å². The lowest BCUT2D eigenvalue weighted by Gasteiger charge is -2.22. The lowest BCUT2D eigenvalue weighted by molar-refractivity contribution is 0.0705. The number of nitrogens with zero attached hydrogens (tertiary/aromatic N) is 4. The first-order valence-corrected chi connectivity index (χ1v) is 10.2. The molecule has 2 aromatic heterocycles. The van der Waals surface area contributed by atoms with E-state index >= 15 is 0 Å². The molecule has 1 saturated heterocycles. The van der Waals surface area contributed by atoms with E-state index in [9.17, 15) is 9.18 Å². The normalized spacial score (nSPS) is 15.6. The number of hydrogen-bond acceptors (Lipinski definition) is 8. The van der Waals surface area contributed by atoms with Crippen LogP contribution in [-0.2, 0) is 6.42 Å². The highest BCUT2D eigenvalue weighted by atomic mass is 19.1. The Hall–Kier alpha value is -3.69. The topological polar surface area (TPSA) is 99.8 Å². The molecule has 32 heavy (non-hydrogen) atoms. The molecule has 1 fully saturated rings. The number of aromatic nitrogens is 3. The summed E-state index contributed by atoms with van der Waals surface area (Å²) in [4.78, 5) is 23.5. The SMILES string of the molecule is COc1ccc(C(=O)N2CCCC2c2nc(CCOc3ccc(F)cc3)no2)c(OC)n1. The van der Waals surface area contributed by atoms with E-state index in [1.165, 1.54) is 26.4 Å². The van der Waals surface area contributed by atoms with Gasteiger partial charge in [0.25, 0.3) is 5.91 Å². The summed E-state index contributed by atoms with van der Waals surface area (Å²) >= 11 is 0. The summed E-state index contributed by atoms with van der Waals surface area (Å²) in [6, 6.07) is 8.71. The zero-order valence-electron chi connectivity index (χ0n) is 17.8. The van der Waals surface area contributed by atoms with Crippen molar-refractivity contribution >= 4 is 5.91 Å². The lowest BCUT2D eigenvalue weighted by atomic mass is 10.2. The zero-order chi connectivity index (χ0) is 22.5. The second kappa shape index (κ2) is 9.63. The molecule has 1 aliphatic heterocycles. The number of rotatable bonds is 8. The third-order valence-electron chi connectivity index (χ3n) is 5.16. The number of benzene rings is 1. The predicted octanol–water partition coefficient (Wildman–Crippen LogP) is 3.22. The molecule has 3 aromatic rings. The average Bonchev–Trinajstić information content (AvgIpc) is 3.49. The van der Waals surface area contributed by atoms with Gasteiger partial charge in [0.05, 0.1) is 20.8 Å². The summed E-state index contributed by atoms with van der Waals surface area (Å²) in [5.41, 5.74) is 0.340. The van der Waals surface area contributed by atoms with Crippen molar-refractivity contribution in [2.75, 3.05) is 27.4 Å². The molecule has 0 aliphatic carbocycles. The van der Waals surface area contributed by atoms with Crippen LogP contribution in [0.25, 0.3) is 0 Å². The molecule has 168 valence electrons. The van der Waals surface area contributed by atoms with Crippen LogP contribution in [0.3, 0.4) is 0 Å². The number of pyridine rings is 1.